The summed E-state index contributed by atoms with van der Waals surface area (Å²) < 4.78 is 0. The first kappa shape index (κ1) is 21.1. The van der Waals surface area contributed by atoms with Gasteiger partial charge in [-0.15, -0.1) is 0 Å². The topological polar surface area (TPSA) is 61.4 Å². The molecular weight excluding hydrogens is 362 g/mol. The van der Waals surface area contributed by atoms with Gasteiger partial charge in [-0.25, -0.2) is 0 Å². The van der Waals surface area contributed by atoms with Crippen molar-refractivity contribution < 1.29 is 9.59 Å². The zero-order valence-electron chi connectivity index (χ0n) is 17.4. The largest absolute Gasteiger partial charge is 0.352 e. The summed E-state index contributed by atoms with van der Waals surface area (Å²) >= 11 is 0. The lowest BCUT2D eigenvalue weighted by atomic mass is 9.95. The molecule has 5 nitrogen and oxygen atoms in total. The highest BCUT2D eigenvalue weighted by Gasteiger charge is 2.26. The minimum absolute atomic E-state index is 0.0104. The minimum atomic E-state index is -0.143. The van der Waals surface area contributed by atoms with Crippen molar-refractivity contribution in [3.8, 4) is 0 Å². The number of carbonyl (C=O) groups excluding carboxylic acids is 2. The first-order valence-corrected chi connectivity index (χ1v) is 10.5. The molecule has 0 spiro atoms. The second kappa shape index (κ2) is 10.2. The molecule has 0 saturated carbocycles. The molecule has 0 bridgehead atoms. The van der Waals surface area contributed by atoms with Gasteiger partial charge in [-0.05, 0) is 62.5 Å². The number of amides is 2. The van der Waals surface area contributed by atoms with E-state index in [0.717, 1.165) is 38.9 Å². The van der Waals surface area contributed by atoms with E-state index in [9.17, 15) is 9.59 Å². The second-order valence-corrected chi connectivity index (χ2v) is 7.77. The van der Waals surface area contributed by atoms with Gasteiger partial charge in [0.15, 0.2) is 0 Å². The molecule has 154 valence electrons. The highest BCUT2D eigenvalue weighted by molar-refractivity contribution is 6.04. The van der Waals surface area contributed by atoms with Crippen molar-refractivity contribution in [1.29, 1.82) is 0 Å². The van der Waals surface area contributed by atoms with E-state index in [4.69, 9.17) is 0 Å². The standard InChI is InChI=1S/C24H31N3O2/c1-3-14-25-24(29)21-10-6-7-11-22(21)26-23(28)19-12-15-27(16-13-19)17-20-9-5-4-8-18(20)2/h4-11,19H,3,12-17H2,1-2H3,(H,25,29)(H,26,28). The maximum absolute atomic E-state index is 12.8. The van der Waals surface area contributed by atoms with Gasteiger partial charge < -0.3 is 10.6 Å². The van der Waals surface area contributed by atoms with E-state index in [1.54, 1.807) is 12.1 Å². The molecule has 0 atom stereocenters. The molecule has 1 aliphatic heterocycles. The fourth-order valence-electron chi connectivity index (χ4n) is 3.74. The van der Waals surface area contributed by atoms with Crippen LogP contribution in [0.15, 0.2) is 48.5 Å². The number of hydrogen-bond acceptors (Lipinski definition) is 3. The molecule has 1 fully saturated rings. The first-order chi connectivity index (χ1) is 14.1. The van der Waals surface area contributed by atoms with Crippen molar-refractivity contribution in [2.45, 2.75) is 39.7 Å². The van der Waals surface area contributed by atoms with Gasteiger partial charge in [0.1, 0.15) is 0 Å². The van der Waals surface area contributed by atoms with Crippen molar-refractivity contribution in [2.75, 3.05) is 25.0 Å². The number of rotatable bonds is 7. The van der Waals surface area contributed by atoms with E-state index in [2.05, 4.69) is 46.7 Å². The van der Waals surface area contributed by atoms with Crippen LogP contribution in [-0.2, 0) is 11.3 Å². The number of nitrogens with zero attached hydrogens (tertiary/aromatic N) is 1. The van der Waals surface area contributed by atoms with Crippen LogP contribution >= 0.6 is 0 Å². The zero-order chi connectivity index (χ0) is 20.6. The van der Waals surface area contributed by atoms with Crippen LogP contribution in [0.2, 0.25) is 0 Å². The molecule has 29 heavy (non-hydrogen) atoms. The third-order valence-corrected chi connectivity index (χ3v) is 5.58. The summed E-state index contributed by atoms with van der Waals surface area (Å²) in [6, 6.07) is 15.7. The van der Waals surface area contributed by atoms with Gasteiger partial charge >= 0.3 is 0 Å². The number of carbonyl (C=O) groups is 2. The Balaban J connectivity index is 1.55. The lowest BCUT2D eigenvalue weighted by molar-refractivity contribution is -0.121. The maximum Gasteiger partial charge on any atom is 0.253 e. The third kappa shape index (κ3) is 5.67. The average Bonchev–Trinajstić information content (AvgIpc) is 2.74. The molecule has 1 heterocycles. The monoisotopic (exact) mass is 393 g/mol. The van der Waals surface area contributed by atoms with Crippen molar-refractivity contribution in [3.63, 3.8) is 0 Å². The van der Waals surface area contributed by atoms with E-state index in [1.807, 2.05) is 19.1 Å². The Morgan fingerprint density at radius 1 is 1.03 bits per heavy atom. The molecule has 1 aliphatic rings. The normalized spacial score (nSPS) is 15.1. The predicted molar refractivity (Wildman–Crippen MR) is 117 cm³/mol. The fourth-order valence-corrected chi connectivity index (χ4v) is 3.74. The number of anilines is 1. The molecule has 0 radical (unpaired) electrons. The van der Waals surface area contributed by atoms with Crippen LogP contribution in [0.3, 0.4) is 0 Å². The molecule has 2 N–H and O–H groups in total. The molecule has 3 rings (SSSR count). The SMILES string of the molecule is CCCNC(=O)c1ccccc1NC(=O)C1CCN(Cc2ccccc2C)CC1. The lowest BCUT2D eigenvalue weighted by Gasteiger charge is -2.31. The Morgan fingerprint density at radius 3 is 2.45 bits per heavy atom. The highest BCUT2D eigenvalue weighted by atomic mass is 16.2. The molecule has 2 amide bonds. The Hall–Kier alpha value is -2.66. The molecular formula is C24H31N3O2. The number of hydrogen-bond donors (Lipinski definition) is 2. The number of para-hydroxylation sites is 1. The summed E-state index contributed by atoms with van der Waals surface area (Å²) in [6.07, 6.45) is 2.55. The number of aryl methyl sites for hydroxylation is 1. The number of nitrogens with one attached hydrogen (secondary N) is 2. The Labute approximate surface area is 173 Å². The molecule has 0 aliphatic carbocycles. The van der Waals surface area contributed by atoms with Crippen LogP contribution in [0, 0.1) is 12.8 Å². The smallest absolute Gasteiger partial charge is 0.253 e. The molecule has 5 heteroatoms. The summed E-state index contributed by atoms with van der Waals surface area (Å²) in [5.41, 5.74) is 3.77. The van der Waals surface area contributed by atoms with Crippen LogP contribution in [-0.4, -0.2) is 36.3 Å². The van der Waals surface area contributed by atoms with Crippen molar-refractivity contribution >= 4 is 17.5 Å². The summed E-state index contributed by atoms with van der Waals surface area (Å²) in [5.74, 6) is -0.151. The van der Waals surface area contributed by atoms with Gasteiger partial charge in [0, 0.05) is 19.0 Å². The minimum Gasteiger partial charge on any atom is -0.352 e. The van der Waals surface area contributed by atoms with E-state index in [-0.39, 0.29) is 17.7 Å². The van der Waals surface area contributed by atoms with Crippen LogP contribution in [0.25, 0.3) is 0 Å². The van der Waals surface area contributed by atoms with Gasteiger partial charge in [-0.1, -0.05) is 43.3 Å². The summed E-state index contributed by atoms with van der Waals surface area (Å²) in [4.78, 5) is 27.6. The maximum atomic E-state index is 12.8. The summed E-state index contributed by atoms with van der Waals surface area (Å²) in [7, 11) is 0. The number of likely N-dealkylation sites (tertiary alicyclic amines) is 1. The second-order valence-electron chi connectivity index (χ2n) is 7.77. The Morgan fingerprint density at radius 2 is 1.72 bits per heavy atom. The van der Waals surface area contributed by atoms with Crippen molar-refractivity contribution in [1.82, 2.24) is 10.2 Å². The highest BCUT2D eigenvalue weighted by Crippen LogP contribution is 2.23. The predicted octanol–water partition coefficient (Wildman–Crippen LogP) is 3.99. The average molecular weight is 394 g/mol. The van der Waals surface area contributed by atoms with Gasteiger partial charge in [0.2, 0.25) is 5.91 Å². The van der Waals surface area contributed by atoms with Crippen molar-refractivity contribution in [2.24, 2.45) is 5.92 Å². The first-order valence-electron chi connectivity index (χ1n) is 10.5. The van der Waals surface area contributed by atoms with Gasteiger partial charge in [0.05, 0.1) is 11.3 Å². The molecule has 0 unspecified atom stereocenters. The van der Waals surface area contributed by atoms with E-state index in [0.29, 0.717) is 17.8 Å². The molecule has 2 aromatic rings. The molecule has 2 aromatic carbocycles. The van der Waals surface area contributed by atoms with Crippen molar-refractivity contribution in [3.05, 3.63) is 65.2 Å². The van der Waals surface area contributed by atoms with Gasteiger partial charge in [-0.2, -0.15) is 0 Å². The van der Waals surface area contributed by atoms with E-state index < -0.39 is 0 Å². The fraction of sp³-hybridized carbons (Fsp3) is 0.417. The van der Waals surface area contributed by atoms with Crippen LogP contribution in [0.4, 0.5) is 5.69 Å². The van der Waals surface area contributed by atoms with Crippen LogP contribution in [0.5, 0.6) is 0 Å². The quantitative estimate of drug-likeness (QED) is 0.748. The Bertz CT molecular complexity index is 842. The Kier molecular flexibility index (Phi) is 7.42. The number of benzene rings is 2. The van der Waals surface area contributed by atoms with Gasteiger partial charge in [0.25, 0.3) is 5.91 Å². The summed E-state index contributed by atoms with van der Waals surface area (Å²) in [5, 5.41) is 5.87. The summed E-state index contributed by atoms with van der Waals surface area (Å²) in [6.45, 7) is 7.53. The lowest BCUT2D eigenvalue weighted by Crippen LogP contribution is -2.38. The van der Waals surface area contributed by atoms with Gasteiger partial charge in [-0.3, -0.25) is 14.5 Å². The zero-order valence-corrected chi connectivity index (χ0v) is 17.4. The van der Waals surface area contributed by atoms with E-state index in [1.165, 1.54) is 11.1 Å². The third-order valence-electron chi connectivity index (χ3n) is 5.58. The molecule has 1 saturated heterocycles. The molecule has 0 aromatic heterocycles. The van der Waals surface area contributed by atoms with Crippen LogP contribution < -0.4 is 10.6 Å². The van der Waals surface area contributed by atoms with E-state index >= 15 is 0 Å². The van der Waals surface area contributed by atoms with Crippen LogP contribution in [0.1, 0.15) is 47.7 Å². The number of piperidine rings is 1.